The number of benzene rings is 3. The van der Waals surface area contributed by atoms with Gasteiger partial charge in [0.05, 0.1) is 0 Å². The second-order valence-electron chi connectivity index (χ2n) is 8.12. The molecule has 5 heteroatoms. The number of carbonyl (C=O) groups is 1. The largest absolute Gasteiger partial charge is 0.507 e. The zero-order chi connectivity index (χ0) is 23.8. The van der Waals surface area contributed by atoms with Crippen LogP contribution in [0.3, 0.4) is 0 Å². The molecule has 1 N–H and O–H groups in total. The van der Waals surface area contributed by atoms with Crippen molar-refractivity contribution in [2.45, 2.75) is 17.7 Å². The van der Waals surface area contributed by atoms with Gasteiger partial charge in [0.25, 0.3) is 0 Å². The number of likely N-dealkylation sites (N-methyl/N-ethyl adjacent to an activating group) is 1. The highest BCUT2D eigenvalue weighted by Gasteiger charge is 2.15. The van der Waals surface area contributed by atoms with E-state index in [-0.39, 0.29) is 11.7 Å². The van der Waals surface area contributed by atoms with Crippen LogP contribution in [0.25, 0.3) is 22.3 Å². The summed E-state index contributed by atoms with van der Waals surface area (Å²) in [6, 6.07) is 27.8. The zero-order valence-corrected chi connectivity index (χ0v) is 20.0. The Morgan fingerprint density at radius 1 is 0.882 bits per heavy atom. The second kappa shape index (κ2) is 11.5. The summed E-state index contributed by atoms with van der Waals surface area (Å²) in [6.45, 7) is 0.684. The molecule has 1 heterocycles. The van der Waals surface area contributed by atoms with Crippen LogP contribution in [0, 0.1) is 0 Å². The lowest BCUT2D eigenvalue weighted by Crippen LogP contribution is -2.29. The molecule has 0 saturated carbocycles. The van der Waals surface area contributed by atoms with Crippen molar-refractivity contribution in [3.8, 4) is 28.0 Å². The van der Waals surface area contributed by atoms with Gasteiger partial charge in [0.15, 0.2) is 0 Å². The van der Waals surface area contributed by atoms with Crippen LogP contribution >= 0.6 is 11.8 Å². The van der Waals surface area contributed by atoms with Crippen molar-refractivity contribution < 1.29 is 9.90 Å². The maximum Gasteiger partial charge on any atom is 0.223 e. The van der Waals surface area contributed by atoms with Crippen LogP contribution in [0.2, 0.25) is 0 Å². The Labute approximate surface area is 205 Å². The number of phenols is 1. The molecule has 4 nitrogen and oxygen atoms in total. The molecule has 34 heavy (non-hydrogen) atoms. The van der Waals surface area contributed by atoms with Gasteiger partial charge in [-0.3, -0.25) is 9.78 Å². The first-order valence-corrected chi connectivity index (χ1v) is 12.3. The molecule has 0 radical (unpaired) electrons. The Morgan fingerprint density at radius 3 is 2.00 bits per heavy atom. The standard InChI is InChI=1S/C29H28N2O2S/c1-31(18-14-22-12-16-30-17-13-22)28(32)15-19-34-25-20-26(23-8-4-2-5-9-23)29(33)27(21-25)24-10-6-3-7-11-24/h2-13,16-17,20-21,33H,14-15,18-19H2,1H3. The molecule has 172 valence electrons. The predicted molar refractivity (Wildman–Crippen MR) is 140 cm³/mol. The molecule has 4 aromatic rings. The summed E-state index contributed by atoms with van der Waals surface area (Å²) in [6.07, 6.45) is 4.83. The van der Waals surface area contributed by atoms with E-state index in [1.54, 1.807) is 29.1 Å². The number of amides is 1. The highest BCUT2D eigenvalue weighted by atomic mass is 32.2. The molecule has 0 unspecified atom stereocenters. The van der Waals surface area contributed by atoms with Crippen LogP contribution in [-0.2, 0) is 11.2 Å². The van der Waals surface area contributed by atoms with E-state index in [1.165, 1.54) is 5.56 Å². The number of hydrogen-bond donors (Lipinski definition) is 1. The van der Waals surface area contributed by atoms with Gasteiger partial charge in [-0.15, -0.1) is 11.8 Å². The Morgan fingerprint density at radius 2 is 1.44 bits per heavy atom. The van der Waals surface area contributed by atoms with E-state index in [1.807, 2.05) is 92.0 Å². The van der Waals surface area contributed by atoms with E-state index in [9.17, 15) is 9.90 Å². The molecule has 0 aliphatic carbocycles. The minimum absolute atomic E-state index is 0.131. The molecule has 0 saturated heterocycles. The number of thioether (sulfide) groups is 1. The van der Waals surface area contributed by atoms with Crippen LogP contribution in [-0.4, -0.2) is 40.2 Å². The molecule has 3 aromatic carbocycles. The van der Waals surface area contributed by atoms with Crippen molar-refractivity contribution in [1.29, 1.82) is 0 Å². The normalized spacial score (nSPS) is 10.7. The third-order valence-corrected chi connectivity index (χ3v) is 6.73. The number of rotatable bonds is 9. The van der Waals surface area contributed by atoms with Crippen LogP contribution in [0.4, 0.5) is 0 Å². The fourth-order valence-electron chi connectivity index (χ4n) is 3.78. The summed E-state index contributed by atoms with van der Waals surface area (Å²) in [5.74, 6) is 1.08. The van der Waals surface area contributed by atoms with Crippen molar-refractivity contribution in [1.82, 2.24) is 9.88 Å². The third-order valence-electron chi connectivity index (χ3n) is 5.75. The first-order valence-electron chi connectivity index (χ1n) is 11.4. The first-order chi connectivity index (χ1) is 16.6. The number of carbonyl (C=O) groups excluding carboxylic acids is 1. The van der Waals surface area contributed by atoms with Gasteiger partial charge in [-0.25, -0.2) is 0 Å². The van der Waals surface area contributed by atoms with E-state index in [4.69, 9.17) is 0 Å². The molecule has 0 atom stereocenters. The first kappa shape index (κ1) is 23.6. The summed E-state index contributed by atoms with van der Waals surface area (Å²) in [7, 11) is 1.86. The topological polar surface area (TPSA) is 53.4 Å². The molecule has 0 bridgehead atoms. The molecular formula is C29H28N2O2S. The molecule has 1 aromatic heterocycles. The zero-order valence-electron chi connectivity index (χ0n) is 19.2. The molecule has 4 rings (SSSR count). The van der Waals surface area contributed by atoms with Crippen molar-refractivity contribution in [2.75, 3.05) is 19.3 Å². The highest BCUT2D eigenvalue weighted by Crippen LogP contribution is 2.41. The summed E-state index contributed by atoms with van der Waals surface area (Å²) in [4.78, 5) is 19.5. The van der Waals surface area contributed by atoms with E-state index in [0.717, 1.165) is 33.6 Å². The number of hydrogen-bond acceptors (Lipinski definition) is 4. The van der Waals surface area contributed by atoms with Gasteiger partial charge in [0, 0.05) is 54.2 Å². The van der Waals surface area contributed by atoms with Gasteiger partial charge >= 0.3 is 0 Å². The Balaban J connectivity index is 1.45. The molecule has 1 amide bonds. The SMILES string of the molecule is CN(CCc1ccncc1)C(=O)CCSc1cc(-c2ccccc2)c(O)c(-c2ccccc2)c1. The minimum Gasteiger partial charge on any atom is -0.507 e. The monoisotopic (exact) mass is 468 g/mol. The summed E-state index contributed by atoms with van der Waals surface area (Å²) in [5, 5.41) is 11.1. The lowest BCUT2D eigenvalue weighted by molar-refractivity contribution is -0.129. The van der Waals surface area contributed by atoms with Gasteiger partial charge in [0.1, 0.15) is 5.75 Å². The molecular weight excluding hydrogens is 440 g/mol. The van der Waals surface area contributed by atoms with Gasteiger partial charge in [-0.1, -0.05) is 60.7 Å². The van der Waals surface area contributed by atoms with Crippen molar-refractivity contribution in [3.05, 3.63) is 103 Å². The Kier molecular flexibility index (Phi) is 7.99. The molecule has 0 aliphatic rings. The third kappa shape index (κ3) is 6.06. The summed E-state index contributed by atoms with van der Waals surface area (Å²) >= 11 is 1.64. The quantitative estimate of drug-likeness (QED) is 0.293. The maximum absolute atomic E-state index is 12.6. The van der Waals surface area contributed by atoms with E-state index >= 15 is 0 Å². The summed E-state index contributed by atoms with van der Waals surface area (Å²) < 4.78 is 0. The minimum atomic E-state index is 0.131. The number of pyridine rings is 1. The van der Waals surface area contributed by atoms with Crippen LogP contribution < -0.4 is 0 Å². The molecule has 0 aliphatic heterocycles. The average molecular weight is 469 g/mol. The fourth-order valence-corrected chi connectivity index (χ4v) is 4.70. The number of nitrogens with zero attached hydrogens (tertiary/aromatic N) is 2. The smallest absolute Gasteiger partial charge is 0.223 e. The maximum atomic E-state index is 12.6. The fraction of sp³-hybridized carbons (Fsp3) is 0.172. The van der Waals surface area contributed by atoms with Gasteiger partial charge < -0.3 is 10.0 Å². The van der Waals surface area contributed by atoms with Crippen LogP contribution in [0.15, 0.2) is 102 Å². The van der Waals surface area contributed by atoms with Crippen LogP contribution in [0.1, 0.15) is 12.0 Å². The van der Waals surface area contributed by atoms with E-state index in [0.29, 0.717) is 18.7 Å². The number of aromatic hydroxyl groups is 1. The van der Waals surface area contributed by atoms with Crippen LogP contribution in [0.5, 0.6) is 5.75 Å². The summed E-state index contributed by atoms with van der Waals surface area (Å²) in [5.41, 5.74) is 4.70. The molecule has 0 fully saturated rings. The second-order valence-corrected chi connectivity index (χ2v) is 9.29. The lowest BCUT2D eigenvalue weighted by Gasteiger charge is -2.17. The van der Waals surface area contributed by atoms with Crippen molar-refractivity contribution >= 4 is 17.7 Å². The van der Waals surface area contributed by atoms with E-state index in [2.05, 4.69) is 4.98 Å². The molecule has 0 spiro atoms. The van der Waals surface area contributed by atoms with Crippen molar-refractivity contribution in [2.24, 2.45) is 0 Å². The average Bonchev–Trinajstić information content (AvgIpc) is 2.89. The highest BCUT2D eigenvalue weighted by molar-refractivity contribution is 7.99. The van der Waals surface area contributed by atoms with Gasteiger partial charge in [-0.2, -0.15) is 0 Å². The Bertz CT molecular complexity index is 1150. The lowest BCUT2D eigenvalue weighted by atomic mass is 9.97. The van der Waals surface area contributed by atoms with Gasteiger partial charge in [0.2, 0.25) is 5.91 Å². The van der Waals surface area contributed by atoms with Crippen molar-refractivity contribution in [3.63, 3.8) is 0 Å². The Hall–Kier alpha value is -3.57. The predicted octanol–water partition coefficient (Wildman–Crippen LogP) is 6.30. The number of aromatic nitrogens is 1. The van der Waals surface area contributed by atoms with Gasteiger partial charge in [-0.05, 0) is 47.4 Å². The number of phenolic OH excluding ortho intramolecular Hbond substituents is 1. The van der Waals surface area contributed by atoms with E-state index < -0.39 is 0 Å².